The molecular formula is C26H19F6N7. The molecule has 0 radical (unpaired) electrons. The summed E-state index contributed by atoms with van der Waals surface area (Å²) in [4.78, 5) is 8.37. The molecule has 0 atom stereocenters. The van der Waals surface area contributed by atoms with Crippen LogP contribution in [0.2, 0.25) is 0 Å². The van der Waals surface area contributed by atoms with Crippen LogP contribution in [-0.4, -0.2) is 22.4 Å². The largest absolute Gasteiger partial charge is 0.417 e. The van der Waals surface area contributed by atoms with Crippen LogP contribution in [0.15, 0.2) is 95.1 Å². The Labute approximate surface area is 218 Å². The minimum Gasteiger partial charge on any atom is -0.340 e. The lowest BCUT2D eigenvalue weighted by molar-refractivity contribution is -0.138. The van der Waals surface area contributed by atoms with E-state index in [2.05, 4.69) is 36.3 Å². The van der Waals surface area contributed by atoms with Crippen molar-refractivity contribution in [2.75, 3.05) is 16.2 Å². The standard InChI is InChI=1S/C26H19F6N7/c27-25(28,29)20-12-6-4-8-17(20)15-33-38-23-14-22(35-19-10-2-1-3-11-19)36-24(37-23)39-34-16-18-9-5-7-13-21(18)26(30,31)32/h1-16H,(H3,35,36,37,38,39). The number of anilines is 4. The Morgan fingerprint density at radius 2 is 1.08 bits per heavy atom. The molecule has 39 heavy (non-hydrogen) atoms. The third-order valence-corrected chi connectivity index (χ3v) is 5.06. The van der Waals surface area contributed by atoms with Crippen molar-refractivity contribution in [1.82, 2.24) is 9.97 Å². The Balaban J connectivity index is 1.58. The van der Waals surface area contributed by atoms with Crippen molar-refractivity contribution in [3.63, 3.8) is 0 Å². The number of halogens is 6. The number of nitrogens with one attached hydrogen (secondary N) is 3. The highest BCUT2D eigenvalue weighted by atomic mass is 19.4. The minimum atomic E-state index is -4.57. The van der Waals surface area contributed by atoms with E-state index in [9.17, 15) is 26.3 Å². The maximum atomic E-state index is 13.2. The highest BCUT2D eigenvalue weighted by Gasteiger charge is 2.33. The van der Waals surface area contributed by atoms with Gasteiger partial charge in [-0.1, -0.05) is 54.6 Å². The highest BCUT2D eigenvalue weighted by molar-refractivity contribution is 5.83. The van der Waals surface area contributed by atoms with Crippen molar-refractivity contribution in [3.8, 4) is 0 Å². The number of alkyl halides is 6. The van der Waals surface area contributed by atoms with Crippen molar-refractivity contribution < 1.29 is 26.3 Å². The molecular weight excluding hydrogens is 524 g/mol. The Bertz CT molecular complexity index is 1380. The van der Waals surface area contributed by atoms with E-state index in [0.717, 1.165) is 24.6 Å². The van der Waals surface area contributed by atoms with Crippen LogP contribution in [0.5, 0.6) is 0 Å². The van der Waals surface area contributed by atoms with Gasteiger partial charge in [-0.15, -0.1) is 0 Å². The molecule has 1 aromatic heterocycles. The second-order valence-electron chi connectivity index (χ2n) is 7.86. The molecule has 13 heteroatoms. The summed E-state index contributed by atoms with van der Waals surface area (Å²) < 4.78 is 79.5. The quantitative estimate of drug-likeness (QED) is 0.125. The maximum absolute atomic E-state index is 13.2. The molecule has 0 aliphatic heterocycles. The first kappa shape index (κ1) is 27.1. The number of nitrogens with zero attached hydrogens (tertiary/aromatic N) is 4. The van der Waals surface area contributed by atoms with Crippen LogP contribution in [0.1, 0.15) is 22.3 Å². The van der Waals surface area contributed by atoms with Crippen LogP contribution in [-0.2, 0) is 12.4 Å². The number of hydrazone groups is 2. The SMILES string of the molecule is FC(F)(F)c1ccccc1C=NNc1cc(Nc2ccccc2)nc(NN=Cc2ccccc2C(F)(F)F)n1. The minimum absolute atomic E-state index is 0.0672. The Morgan fingerprint density at radius 3 is 1.64 bits per heavy atom. The lowest BCUT2D eigenvalue weighted by atomic mass is 10.1. The first-order valence-corrected chi connectivity index (χ1v) is 11.2. The monoisotopic (exact) mass is 543 g/mol. The number of hydrogen-bond acceptors (Lipinski definition) is 7. The predicted molar refractivity (Wildman–Crippen MR) is 137 cm³/mol. The fourth-order valence-electron chi connectivity index (χ4n) is 3.35. The summed E-state index contributed by atoms with van der Waals surface area (Å²) in [6.07, 6.45) is -7.17. The Kier molecular flexibility index (Phi) is 8.08. The Morgan fingerprint density at radius 1 is 0.590 bits per heavy atom. The molecule has 0 bridgehead atoms. The van der Waals surface area contributed by atoms with Crippen LogP contribution in [0.3, 0.4) is 0 Å². The molecule has 200 valence electrons. The smallest absolute Gasteiger partial charge is 0.340 e. The van der Waals surface area contributed by atoms with Gasteiger partial charge in [-0.05, 0) is 24.3 Å². The maximum Gasteiger partial charge on any atom is 0.417 e. The van der Waals surface area contributed by atoms with E-state index in [1.807, 2.05) is 6.07 Å². The van der Waals surface area contributed by atoms with Gasteiger partial charge < -0.3 is 5.32 Å². The van der Waals surface area contributed by atoms with Gasteiger partial charge in [0.05, 0.1) is 23.6 Å². The number of benzene rings is 3. The molecule has 1 heterocycles. The van der Waals surface area contributed by atoms with Gasteiger partial charge in [-0.25, -0.2) is 5.43 Å². The summed E-state index contributed by atoms with van der Waals surface area (Å²) in [6.45, 7) is 0. The lowest BCUT2D eigenvalue weighted by Crippen LogP contribution is -2.09. The molecule has 0 unspecified atom stereocenters. The zero-order valence-electron chi connectivity index (χ0n) is 19.8. The second-order valence-corrected chi connectivity index (χ2v) is 7.86. The van der Waals surface area contributed by atoms with Crippen LogP contribution < -0.4 is 16.2 Å². The van der Waals surface area contributed by atoms with Gasteiger partial charge in [-0.2, -0.15) is 46.5 Å². The Hall–Kier alpha value is -4.94. The van der Waals surface area contributed by atoms with E-state index in [1.165, 1.54) is 42.5 Å². The second kappa shape index (κ2) is 11.6. The van der Waals surface area contributed by atoms with E-state index in [4.69, 9.17) is 0 Å². The van der Waals surface area contributed by atoms with Crippen LogP contribution >= 0.6 is 0 Å². The molecule has 0 fully saturated rings. The normalized spacial score (nSPS) is 12.2. The lowest BCUT2D eigenvalue weighted by Gasteiger charge is -2.11. The summed E-state index contributed by atoms with van der Waals surface area (Å²) in [5.74, 6) is 0.195. The summed E-state index contributed by atoms with van der Waals surface area (Å²) in [5, 5.41) is 10.7. The number of para-hydroxylation sites is 1. The fourth-order valence-corrected chi connectivity index (χ4v) is 3.35. The number of hydrogen-bond donors (Lipinski definition) is 3. The molecule has 0 spiro atoms. The van der Waals surface area contributed by atoms with Crippen molar-refractivity contribution in [2.45, 2.75) is 12.4 Å². The van der Waals surface area contributed by atoms with Crippen molar-refractivity contribution in [2.24, 2.45) is 10.2 Å². The summed E-state index contributed by atoms with van der Waals surface area (Å²) in [6, 6.07) is 20.1. The molecule has 0 amide bonds. The predicted octanol–water partition coefficient (Wildman–Crippen LogP) is 7.15. The van der Waals surface area contributed by atoms with Crippen LogP contribution in [0.25, 0.3) is 0 Å². The van der Waals surface area contributed by atoms with Gasteiger partial charge in [0.25, 0.3) is 0 Å². The summed E-state index contributed by atoms with van der Waals surface area (Å²) in [7, 11) is 0. The molecule has 0 saturated heterocycles. The van der Waals surface area contributed by atoms with E-state index >= 15 is 0 Å². The topological polar surface area (TPSA) is 86.6 Å². The van der Waals surface area contributed by atoms with Gasteiger partial charge in [-0.3, -0.25) is 5.43 Å². The number of rotatable bonds is 8. The summed E-state index contributed by atoms with van der Waals surface area (Å²) in [5.41, 5.74) is 3.61. The highest BCUT2D eigenvalue weighted by Crippen LogP contribution is 2.32. The molecule has 0 saturated carbocycles. The van der Waals surface area contributed by atoms with Crippen molar-refractivity contribution >= 4 is 35.7 Å². The molecule has 3 N–H and O–H groups in total. The number of aromatic nitrogens is 2. The third kappa shape index (κ3) is 7.53. The molecule has 4 rings (SSSR count). The molecule has 0 aliphatic rings. The van der Waals surface area contributed by atoms with Gasteiger partial charge in [0.2, 0.25) is 5.95 Å². The molecule has 0 aliphatic carbocycles. The summed E-state index contributed by atoms with van der Waals surface area (Å²) >= 11 is 0. The van der Waals surface area contributed by atoms with Crippen molar-refractivity contribution in [3.05, 3.63) is 107 Å². The van der Waals surface area contributed by atoms with E-state index < -0.39 is 23.5 Å². The average Bonchev–Trinajstić information content (AvgIpc) is 2.89. The van der Waals surface area contributed by atoms with E-state index in [0.29, 0.717) is 5.69 Å². The molecule has 4 aromatic rings. The molecule has 7 nitrogen and oxygen atoms in total. The molecule has 3 aromatic carbocycles. The zero-order valence-corrected chi connectivity index (χ0v) is 19.8. The van der Waals surface area contributed by atoms with Crippen LogP contribution in [0, 0.1) is 0 Å². The van der Waals surface area contributed by atoms with E-state index in [1.54, 1.807) is 24.3 Å². The van der Waals surface area contributed by atoms with Gasteiger partial charge >= 0.3 is 12.4 Å². The average molecular weight is 543 g/mol. The van der Waals surface area contributed by atoms with Gasteiger partial charge in [0.15, 0.2) is 5.82 Å². The first-order chi connectivity index (χ1) is 18.6. The fraction of sp³-hybridized carbons (Fsp3) is 0.0769. The van der Waals surface area contributed by atoms with Gasteiger partial charge in [0, 0.05) is 22.9 Å². The van der Waals surface area contributed by atoms with Crippen molar-refractivity contribution in [1.29, 1.82) is 0 Å². The third-order valence-electron chi connectivity index (χ3n) is 5.06. The van der Waals surface area contributed by atoms with Crippen LogP contribution in [0.4, 0.5) is 49.6 Å². The van der Waals surface area contributed by atoms with E-state index in [-0.39, 0.29) is 28.7 Å². The zero-order chi connectivity index (χ0) is 27.9. The first-order valence-electron chi connectivity index (χ1n) is 11.2. The van der Waals surface area contributed by atoms with Gasteiger partial charge in [0.1, 0.15) is 5.82 Å².